The lowest BCUT2D eigenvalue weighted by Gasteiger charge is -2.37. The van der Waals surface area contributed by atoms with Crippen molar-refractivity contribution in [1.29, 1.82) is 0 Å². The molecule has 148 valence electrons. The quantitative estimate of drug-likeness (QED) is 0.737. The first-order chi connectivity index (χ1) is 11.9. The van der Waals surface area contributed by atoms with Crippen LogP contribution in [0.3, 0.4) is 0 Å². The van der Waals surface area contributed by atoms with E-state index in [1.807, 2.05) is 0 Å². The van der Waals surface area contributed by atoms with Crippen molar-refractivity contribution in [3.63, 3.8) is 0 Å². The smallest absolute Gasteiger partial charge is 0.326 e. The molecule has 3 heterocycles. The Bertz CT molecular complexity index is 589. The molecule has 0 unspecified atom stereocenters. The van der Waals surface area contributed by atoms with E-state index < -0.39 is 60.2 Å². The van der Waals surface area contributed by atoms with Gasteiger partial charge in [0.05, 0.1) is 0 Å². The molecule has 0 aliphatic carbocycles. The van der Waals surface area contributed by atoms with Crippen LogP contribution in [0, 0.1) is 5.92 Å². The first-order valence-corrected chi connectivity index (χ1v) is 8.80. The molecule has 3 saturated heterocycles. The molecule has 0 spiro atoms. The van der Waals surface area contributed by atoms with Crippen LogP contribution >= 0.6 is 0 Å². The highest BCUT2D eigenvalue weighted by atomic mass is 16.9. The lowest BCUT2D eigenvalue weighted by Crippen LogP contribution is -2.61. The fourth-order valence-electron chi connectivity index (χ4n) is 3.57. The van der Waals surface area contributed by atoms with Gasteiger partial charge in [-0.05, 0) is 33.6 Å². The summed E-state index contributed by atoms with van der Waals surface area (Å²) in [5.74, 6) is -3.78. The minimum atomic E-state index is -1.11. The Labute approximate surface area is 152 Å². The van der Waals surface area contributed by atoms with E-state index >= 15 is 0 Å². The number of carboxylic acid groups (broad SMARTS) is 1. The number of nitrogens with one attached hydrogen (secondary N) is 1. The summed E-state index contributed by atoms with van der Waals surface area (Å²) in [4.78, 5) is 24.2. The second kappa shape index (κ2) is 6.42. The summed E-state index contributed by atoms with van der Waals surface area (Å²) in [5.41, 5.74) is 0. The van der Waals surface area contributed by atoms with Crippen LogP contribution in [0.1, 0.15) is 41.5 Å². The van der Waals surface area contributed by atoms with E-state index in [2.05, 4.69) is 5.32 Å². The summed E-state index contributed by atoms with van der Waals surface area (Å²) in [6.07, 6.45) is -3.71. The number of hydrogen-bond donors (Lipinski definition) is 2. The molecule has 2 N–H and O–H groups in total. The largest absolute Gasteiger partial charge is 0.480 e. The Morgan fingerprint density at radius 1 is 0.923 bits per heavy atom. The number of rotatable bonds is 4. The van der Waals surface area contributed by atoms with Crippen molar-refractivity contribution in [2.45, 2.75) is 89.9 Å². The van der Waals surface area contributed by atoms with Gasteiger partial charge >= 0.3 is 5.97 Å². The van der Waals surface area contributed by atoms with Gasteiger partial charge in [0.2, 0.25) is 0 Å². The van der Waals surface area contributed by atoms with E-state index in [-0.39, 0.29) is 5.92 Å². The minimum absolute atomic E-state index is 0.286. The maximum atomic E-state index is 12.8. The van der Waals surface area contributed by atoms with Crippen molar-refractivity contribution in [3.05, 3.63) is 0 Å². The number of amides is 1. The standard InChI is InChI=1S/C17H27NO8/c1-7(2)8(14(20)21)18-13(19)11-9-10(24-16(3,4)23-9)12-15(22-11)26-17(5,6)25-12/h7-12,15H,1-6H3,(H,18,19)(H,20,21)/t8-,9+,10+,11+,12+,15+/m0/s1. The van der Waals surface area contributed by atoms with Crippen molar-refractivity contribution in [2.75, 3.05) is 0 Å². The SMILES string of the molecule is CC(C)[C@H](NC(=O)[C@@H]1O[C@@H]2OC(C)(C)O[C@@H]2[C@@H]2OC(C)(C)O[C@H]21)C(=O)O. The Hall–Kier alpha value is -1.26. The second-order valence-corrected chi connectivity index (χ2v) is 8.16. The predicted octanol–water partition coefficient (Wildman–Crippen LogP) is 0.608. The zero-order chi connectivity index (χ0) is 19.4. The average Bonchev–Trinajstić information content (AvgIpc) is 2.96. The maximum absolute atomic E-state index is 12.8. The highest BCUT2D eigenvalue weighted by Crippen LogP contribution is 2.44. The molecule has 3 aliphatic rings. The molecule has 3 fully saturated rings. The molecule has 1 amide bonds. The van der Waals surface area contributed by atoms with E-state index in [0.29, 0.717) is 0 Å². The lowest BCUT2D eigenvalue weighted by atomic mass is 9.97. The molecule has 3 aliphatic heterocycles. The van der Waals surface area contributed by atoms with Gasteiger partial charge in [0.1, 0.15) is 24.4 Å². The van der Waals surface area contributed by atoms with Crippen LogP contribution < -0.4 is 5.32 Å². The number of carbonyl (C=O) groups is 2. The van der Waals surface area contributed by atoms with Crippen LogP contribution in [0.4, 0.5) is 0 Å². The van der Waals surface area contributed by atoms with E-state index in [0.717, 1.165) is 0 Å². The Morgan fingerprint density at radius 3 is 2.04 bits per heavy atom. The summed E-state index contributed by atoms with van der Waals surface area (Å²) in [6.45, 7) is 10.4. The average molecular weight is 373 g/mol. The van der Waals surface area contributed by atoms with Crippen LogP contribution in [0.5, 0.6) is 0 Å². The van der Waals surface area contributed by atoms with Gasteiger partial charge in [-0.3, -0.25) is 4.79 Å². The van der Waals surface area contributed by atoms with Crippen molar-refractivity contribution < 1.29 is 38.4 Å². The minimum Gasteiger partial charge on any atom is -0.480 e. The number of ether oxygens (including phenoxy) is 5. The van der Waals surface area contributed by atoms with Crippen molar-refractivity contribution in [1.82, 2.24) is 5.32 Å². The Kier molecular flexibility index (Phi) is 4.81. The topological polar surface area (TPSA) is 113 Å². The van der Waals surface area contributed by atoms with E-state index in [1.54, 1.807) is 41.5 Å². The molecular weight excluding hydrogens is 346 g/mol. The van der Waals surface area contributed by atoms with E-state index in [9.17, 15) is 14.7 Å². The van der Waals surface area contributed by atoms with Gasteiger partial charge in [0, 0.05) is 0 Å². The zero-order valence-corrected chi connectivity index (χ0v) is 15.8. The van der Waals surface area contributed by atoms with Gasteiger partial charge < -0.3 is 34.1 Å². The first-order valence-electron chi connectivity index (χ1n) is 8.80. The molecule has 9 heteroatoms. The van der Waals surface area contributed by atoms with Crippen LogP contribution in [0.25, 0.3) is 0 Å². The first kappa shape index (κ1) is 19.5. The summed E-state index contributed by atoms with van der Waals surface area (Å²) >= 11 is 0. The number of hydrogen-bond acceptors (Lipinski definition) is 7. The molecule has 0 bridgehead atoms. The van der Waals surface area contributed by atoms with Gasteiger partial charge in [0.15, 0.2) is 24.0 Å². The number of carbonyl (C=O) groups excluding carboxylic acids is 1. The number of carboxylic acids is 1. The highest BCUT2D eigenvalue weighted by Gasteiger charge is 2.62. The van der Waals surface area contributed by atoms with Gasteiger partial charge in [-0.25, -0.2) is 4.79 Å². The van der Waals surface area contributed by atoms with Crippen LogP contribution in [-0.2, 0) is 33.3 Å². The molecule has 0 aromatic rings. The van der Waals surface area contributed by atoms with Gasteiger partial charge in [0.25, 0.3) is 5.91 Å². The normalized spacial score (nSPS) is 38.5. The monoisotopic (exact) mass is 373 g/mol. The molecular formula is C17H27NO8. The van der Waals surface area contributed by atoms with E-state index in [4.69, 9.17) is 23.7 Å². The predicted molar refractivity (Wildman–Crippen MR) is 86.9 cm³/mol. The third kappa shape index (κ3) is 3.59. The fraction of sp³-hybridized carbons (Fsp3) is 0.882. The molecule has 6 atom stereocenters. The molecule has 3 rings (SSSR count). The van der Waals surface area contributed by atoms with Crippen molar-refractivity contribution in [3.8, 4) is 0 Å². The van der Waals surface area contributed by atoms with Gasteiger partial charge in [-0.2, -0.15) is 0 Å². The van der Waals surface area contributed by atoms with Crippen LogP contribution in [0.2, 0.25) is 0 Å². The van der Waals surface area contributed by atoms with Crippen LogP contribution in [-0.4, -0.2) is 65.3 Å². The molecule has 0 saturated carbocycles. The van der Waals surface area contributed by atoms with Crippen molar-refractivity contribution >= 4 is 11.9 Å². The number of fused-ring (bicyclic) bond motifs is 3. The van der Waals surface area contributed by atoms with Crippen molar-refractivity contribution in [2.24, 2.45) is 5.92 Å². The third-order valence-electron chi connectivity index (χ3n) is 4.64. The lowest BCUT2D eigenvalue weighted by molar-refractivity contribution is -0.231. The molecule has 0 radical (unpaired) electrons. The molecule has 0 aromatic heterocycles. The summed E-state index contributed by atoms with van der Waals surface area (Å²) in [7, 11) is 0. The summed E-state index contributed by atoms with van der Waals surface area (Å²) in [6, 6.07) is -1.03. The molecule has 9 nitrogen and oxygen atoms in total. The van der Waals surface area contributed by atoms with E-state index in [1.165, 1.54) is 0 Å². The fourth-order valence-corrected chi connectivity index (χ4v) is 3.57. The summed E-state index contributed by atoms with van der Waals surface area (Å²) in [5, 5.41) is 11.9. The maximum Gasteiger partial charge on any atom is 0.326 e. The summed E-state index contributed by atoms with van der Waals surface area (Å²) < 4.78 is 29.2. The highest BCUT2D eigenvalue weighted by molar-refractivity contribution is 5.87. The Morgan fingerprint density at radius 2 is 1.46 bits per heavy atom. The third-order valence-corrected chi connectivity index (χ3v) is 4.64. The molecule has 26 heavy (non-hydrogen) atoms. The zero-order valence-electron chi connectivity index (χ0n) is 15.8. The van der Waals surface area contributed by atoms with Crippen LogP contribution in [0.15, 0.2) is 0 Å². The Balaban J connectivity index is 1.82. The number of aliphatic carboxylic acids is 1. The van der Waals surface area contributed by atoms with Gasteiger partial charge in [-0.15, -0.1) is 0 Å². The van der Waals surface area contributed by atoms with Gasteiger partial charge in [-0.1, -0.05) is 13.8 Å². The molecule has 0 aromatic carbocycles. The second-order valence-electron chi connectivity index (χ2n) is 8.16.